The van der Waals surface area contributed by atoms with Crippen LogP contribution in [0.2, 0.25) is 0 Å². The summed E-state index contributed by atoms with van der Waals surface area (Å²) in [6.07, 6.45) is 8.55. The Labute approximate surface area is 81.9 Å². The van der Waals surface area contributed by atoms with E-state index < -0.39 is 0 Å². The fourth-order valence-corrected chi connectivity index (χ4v) is 2.46. The van der Waals surface area contributed by atoms with E-state index in [9.17, 15) is 0 Å². The van der Waals surface area contributed by atoms with Gasteiger partial charge in [-0.2, -0.15) is 0 Å². The molecular weight excluding hydrogens is 160 g/mol. The molecule has 0 aromatic rings. The molecule has 0 bridgehead atoms. The van der Waals surface area contributed by atoms with Gasteiger partial charge in [-0.05, 0) is 45.7 Å². The standard InChI is InChI=1S/C11H21N2/c1-11(13-9-5-6-10-13)12-7-3-2-4-8-12/h2-10H2,1H3. The molecular formula is C11H21N2. The number of likely N-dealkylation sites (tertiary alicyclic amines) is 2. The zero-order valence-electron chi connectivity index (χ0n) is 8.76. The third-order valence-electron chi connectivity index (χ3n) is 3.38. The summed E-state index contributed by atoms with van der Waals surface area (Å²) in [4.78, 5) is 5.14. The molecule has 0 unspecified atom stereocenters. The maximum atomic E-state index is 2.58. The lowest BCUT2D eigenvalue weighted by Gasteiger charge is -2.36. The van der Waals surface area contributed by atoms with Crippen LogP contribution in [-0.4, -0.2) is 36.0 Å². The minimum Gasteiger partial charge on any atom is -0.283 e. The number of rotatable bonds is 2. The summed E-state index contributed by atoms with van der Waals surface area (Å²) in [6, 6.07) is 0. The van der Waals surface area contributed by atoms with E-state index in [1.165, 1.54) is 64.4 Å². The molecule has 1 radical (unpaired) electrons. The molecule has 0 saturated carbocycles. The van der Waals surface area contributed by atoms with Gasteiger partial charge in [0.05, 0.1) is 0 Å². The van der Waals surface area contributed by atoms with Crippen molar-refractivity contribution in [2.45, 2.75) is 39.0 Å². The Kier molecular flexibility index (Phi) is 3.23. The summed E-state index contributed by atoms with van der Waals surface area (Å²) in [5.74, 6) is 0. The van der Waals surface area contributed by atoms with Crippen LogP contribution in [0.3, 0.4) is 0 Å². The zero-order chi connectivity index (χ0) is 9.10. The van der Waals surface area contributed by atoms with Gasteiger partial charge >= 0.3 is 0 Å². The van der Waals surface area contributed by atoms with Crippen molar-refractivity contribution >= 4 is 0 Å². The Morgan fingerprint density at radius 1 is 0.692 bits per heavy atom. The molecule has 2 rings (SSSR count). The molecule has 0 aliphatic carbocycles. The minimum absolute atomic E-state index is 1.29. The average molecular weight is 181 g/mol. The molecule has 2 aliphatic heterocycles. The molecule has 2 saturated heterocycles. The van der Waals surface area contributed by atoms with Crippen LogP contribution in [-0.2, 0) is 0 Å². The van der Waals surface area contributed by atoms with E-state index in [2.05, 4.69) is 16.7 Å². The van der Waals surface area contributed by atoms with Crippen LogP contribution in [0.25, 0.3) is 0 Å². The minimum atomic E-state index is 1.29. The summed E-state index contributed by atoms with van der Waals surface area (Å²) in [5.41, 5.74) is 0. The molecule has 0 aromatic heterocycles. The lowest BCUT2D eigenvalue weighted by molar-refractivity contribution is 0.141. The predicted octanol–water partition coefficient (Wildman–Crippen LogP) is 2.08. The van der Waals surface area contributed by atoms with Gasteiger partial charge in [0.1, 0.15) is 6.17 Å². The second kappa shape index (κ2) is 4.43. The van der Waals surface area contributed by atoms with Crippen molar-refractivity contribution in [1.82, 2.24) is 9.80 Å². The Balaban J connectivity index is 1.83. The van der Waals surface area contributed by atoms with Gasteiger partial charge in [0.15, 0.2) is 0 Å². The summed E-state index contributed by atoms with van der Waals surface area (Å²) >= 11 is 0. The Morgan fingerprint density at radius 3 is 1.54 bits per heavy atom. The van der Waals surface area contributed by atoms with E-state index in [0.29, 0.717) is 0 Å². The lowest BCUT2D eigenvalue weighted by Crippen LogP contribution is -2.41. The quantitative estimate of drug-likeness (QED) is 0.643. The van der Waals surface area contributed by atoms with Crippen molar-refractivity contribution in [2.75, 3.05) is 26.2 Å². The summed E-state index contributed by atoms with van der Waals surface area (Å²) in [6.45, 7) is 7.48. The molecule has 2 nitrogen and oxygen atoms in total. The van der Waals surface area contributed by atoms with Gasteiger partial charge in [0.25, 0.3) is 0 Å². The van der Waals surface area contributed by atoms with Gasteiger partial charge in [-0.1, -0.05) is 6.42 Å². The molecule has 0 amide bonds. The summed E-state index contributed by atoms with van der Waals surface area (Å²) in [5, 5.41) is 0. The van der Waals surface area contributed by atoms with E-state index in [1.54, 1.807) is 0 Å². The third-order valence-corrected chi connectivity index (χ3v) is 3.38. The molecule has 2 heteroatoms. The van der Waals surface area contributed by atoms with Crippen LogP contribution >= 0.6 is 0 Å². The first-order valence-corrected chi connectivity index (χ1v) is 5.71. The number of hydrogen-bond donors (Lipinski definition) is 0. The lowest BCUT2D eigenvalue weighted by atomic mass is 10.1. The maximum absolute atomic E-state index is 2.58. The SMILES string of the molecule is C[C](N1CCCCC1)N1CCCC1. The van der Waals surface area contributed by atoms with E-state index in [1.807, 2.05) is 0 Å². The van der Waals surface area contributed by atoms with Crippen LogP contribution in [0.4, 0.5) is 0 Å². The second-order valence-corrected chi connectivity index (χ2v) is 4.29. The molecule has 2 aliphatic rings. The topological polar surface area (TPSA) is 6.48 Å². The molecule has 0 aromatic carbocycles. The number of nitrogens with zero attached hydrogens (tertiary/aromatic N) is 2. The van der Waals surface area contributed by atoms with Gasteiger partial charge in [0.2, 0.25) is 0 Å². The van der Waals surface area contributed by atoms with E-state index >= 15 is 0 Å². The van der Waals surface area contributed by atoms with Gasteiger partial charge in [0, 0.05) is 13.1 Å². The summed E-state index contributed by atoms with van der Waals surface area (Å²) < 4.78 is 0. The van der Waals surface area contributed by atoms with E-state index in [0.717, 1.165) is 0 Å². The highest BCUT2D eigenvalue weighted by molar-refractivity contribution is 4.89. The Bertz CT molecular complexity index is 146. The highest BCUT2D eigenvalue weighted by Gasteiger charge is 2.25. The third kappa shape index (κ3) is 2.23. The van der Waals surface area contributed by atoms with Crippen molar-refractivity contribution in [3.8, 4) is 0 Å². The van der Waals surface area contributed by atoms with Crippen molar-refractivity contribution in [3.05, 3.63) is 6.17 Å². The molecule has 0 atom stereocenters. The van der Waals surface area contributed by atoms with Crippen molar-refractivity contribution in [2.24, 2.45) is 0 Å². The van der Waals surface area contributed by atoms with E-state index in [-0.39, 0.29) is 0 Å². The van der Waals surface area contributed by atoms with Crippen molar-refractivity contribution in [1.29, 1.82) is 0 Å². The normalized spacial score (nSPS) is 27.2. The van der Waals surface area contributed by atoms with Crippen LogP contribution in [0, 0.1) is 6.17 Å². The van der Waals surface area contributed by atoms with Crippen molar-refractivity contribution in [3.63, 3.8) is 0 Å². The van der Waals surface area contributed by atoms with Crippen LogP contribution in [0.15, 0.2) is 0 Å². The van der Waals surface area contributed by atoms with Gasteiger partial charge < -0.3 is 0 Å². The van der Waals surface area contributed by atoms with Crippen LogP contribution in [0.1, 0.15) is 39.0 Å². The first kappa shape index (κ1) is 9.47. The fourth-order valence-electron chi connectivity index (χ4n) is 2.46. The number of piperidine rings is 1. The Morgan fingerprint density at radius 2 is 1.08 bits per heavy atom. The molecule has 0 spiro atoms. The molecule has 0 N–H and O–H groups in total. The zero-order valence-corrected chi connectivity index (χ0v) is 8.76. The first-order valence-electron chi connectivity index (χ1n) is 5.71. The second-order valence-electron chi connectivity index (χ2n) is 4.29. The van der Waals surface area contributed by atoms with Crippen molar-refractivity contribution < 1.29 is 0 Å². The fraction of sp³-hybridized carbons (Fsp3) is 0.909. The van der Waals surface area contributed by atoms with Gasteiger partial charge in [-0.3, -0.25) is 9.80 Å². The van der Waals surface area contributed by atoms with Crippen LogP contribution < -0.4 is 0 Å². The summed E-state index contributed by atoms with van der Waals surface area (Å²) in [7, 11) is 0. The van der Waals surface area contributed by atoms with Crippen LogP contribution in [0.5, 0.6) is 0 Å². The highest BCUT2D eigenvalue weighted by atomic mass is 15.4. The van der Waals surface area contributed by atoms with E-state index in [4.69, 9.17) is 0 Å². The molecule has 2 fully saturated rings. The highest BCUT2D eigenvalue weighted by Crippen LogP contribution is 2.23. The maximum Gasteiger partial charge on any atom is 0.103 e. The average Bonchev–Trinajstić information content (AvgIpc) is 2.71. The Hall–Kier alpha value is -0.0800. The monoisotopic (exact) mass is 181 g/mol. The molecule has 75 valence electrons. The molecule has 2 heterocycles. The van der Waals surface area contributed by atoms with Gasteiger partial charge in [-0.25, -0.2) is 0 Å². The predicted molar refractivity (Wildman–Crippen MR) is 55.1 cm³/mol. The largest absolute Gasteiger partial charge is 0.283 e. The van der Waals surface area contributed by atoms with Gasteiger partial charge in [-0.15, -0.1) is 0 Å². The number of hydrogen-bond acceptors (Lipinski definition) is 2. The molecule has 13 heavy (non-hydrogen) atoms. The first-order chi connectivity index (χ1) is 6.38. The smallest absolute Gasteiger partial charge is 0.103 e.